The van der Waals surface area contributed by atoms with Gasteiger partial charge in [0.1, 0.15) is 17.0 Å². The summed E-state index contributed by atoms with van der Waals surface area (Å²) in [6, 6.07) is 15.0. The normalized spacial score (nSPS) is 19.2. The number of methoxy groups -OCH3 is 2. The highest BCUT2D eigenvalue weighted by atomic mass is 35.5. The monoisotopic (exact) mass is 589 g/mol. The molecule has 1 amide bonds. The summed E-state index contributed by atoms with van der Waals surface area (Å²) in [5.74, 6) is -0.818. The minimum Gasteiger partial charge on any atom is -0.497 e. The lowest BCUT2D eigenvalue weighted by molar-refractivity contribution is -0.121. The van der Waals surface area contributed by atoms with Gasteiger partial charge in [-0.15, -0.1) is 12.4 Å². The summed E-state index contributed by atoms with van der Waals surface area (Å²) < 4.78 is 55.0. The molecular formula is C29H33ClFN3O5S. The van der Waals surface area contributed by atoms with Crippen molar-refractivity contribution in [3.05, 3.63) is 77.7 Å². The lowest BCUT2D eigenvalue weighted by atomic mass is 9.74. The van der Waals surface area contributed by atoms with E-state index >= 15 is 4.39 Å². The molecule has 0 radical (unpaired) electrons. The van der Waals surface area contributed by atoms with Gasteiger partial charge in [0.25, 0.3) is 15.9 Å². The van der Waals surface area contributed by atoms with Crippen molar-refractivity contribution in [3.8, 4) is 11.6 Å². The molecule has 40 heavy (non-hydrogen) atoms. The van der Waals surface area contributed by atoms with Crippen LogP contribution >= 0.6 is 12.4 Å². The lowest BCUT2D eigenvalue weighted by Gasteiger charge is -2.31. The number of ether oxygens (including phenoxy) is 2. The van der Waals surface area contributed by atoms with Crippen LogP contribution in [0.5, 0.6) is 11.6 Å². The van der Waals surface area contributed by atoms with Gasteiger partial charge in [0.15, 0.2) is 0 Å². The highest BCUT2D eigenvalue weighted by Crippen LogP contribution is 2.51. The van der Waals surface area contributed by atoms with Crippen molar-refractivity contribution in [1.29, 1.82) is 0 Å². The van der Waals surface area contributed by atoms with Gasteiger partial charge in [-0.2, -0.15) is 4.31 Å². The smallest absolute Gasteiger partial charge is 0.271 e. The van der Waals surface area contributed by atoms with Gasteiger partial charge in [-0.1, -0.05) is 30.7 Å². The van der Waals surface area contributed by atoms with Crippen molar-refractivity contribution in [2.45, 2.75) is 42.4 Å². The third kappa shape index (κ3) is 5.15. The first-order valence-electron chi connectivity index (χ1n) is 13.1. The summed E-state index contributed by atoms with van der Waals surface area (Å²) in [5, 5.41) is 0. The highest BCUT2D eigenvalue weighted by molar-refractivity contribution is 7.93. The number of halogens is 2. The van der Waals surface area contributed by atoms with Crippen LogP contribution in [-0.4, -0.2) is 58.1 Å². The summed E-state index contributed by atoms with van der Waals surface area (Å²) in [6.07, 6.45) is 4.16. The van der Waals surface area contributed by atoms with Crippen LogP contribution in [0.3, 0.4) is 0 Å². The number of benzene rings is 2. The maximum Gasteiger partial charge on any atom is 0.271 e. The van der Waals surface area contributed by atoms with Crippen molar-refractivity contribution >= 4 is 34.0 Å². The highest BCUT2D eigenvalue weighted by Gasteiger charge is 2.58. The number of likely N-dealkylation sites (tertiary alicyclic amines) is 1. The van der Waals surface area contributed by atoms with E-state index in [4.69, 9.17) is 9.47 Å². The Morgan fingerprint density at radius 3 is 2.42 bits per heavy atom. The second-order valence-corrected chi connectivity index (χ2v) is 11.7. The van der Waals surface area contributed by atoms with E-state index in [1.165, 1.54) is 51.0 Å². The van der Waals surface area contributed by atoms with E-state index in [-0.39, 0.29) is 46.5 Å². The van der Waals surface area contributed by atoms with E-state index in [0.29, 0.717) is 18.7 Å². The average molecular weight is 590 g/mol. The second kappa shape index (κ2) is 12.1. The number of hydrogen-bond acceptors (Lipinski definition) is 7. The SMILES string of the molecule is COc1cccc(S(=O)(=O)N2C(=O)C(CCCN3CCCCC3)(c3ccccc3F)c3nc(OC)ccc32)c1.Cl. The number of sulfonamides is 1. The fourth-order valence-corrected chi connectivity index (χ4v) is 7.18. The van der Waals surface area contributed by atoms with Crippen molar-refractivity contribution < 1.29 is 27.1 Å². The summed E-state index contributed by atoms with van der Waals surface area (Å²) in [7, 11) is -1.52. The molecule has 11 heteroatoms. The number of carbonyl (C=O) groups excluding carboxylic acids is 1. The van der Waals surface area contributed by atoms with Gasteiger partial charge in [0.2, 0.25) is 5.88 Å². The number of anilines is 1. The second-order valence-electron chi connectivity index (χ2n) is 9.87. The lowest BCUT2D eigenvalue weighted by Crippen LogP contribution is -2.45. The molecule has 0 saturated carbocycles. The van der Waals surface area contributed by atoms with Crippen LogP contribution in [-0.2, 0) is 20.2 Å². The number of fused-ring (bicyclic) bond motifs is 1. The van der Waals surface area contributed by atoms with E-state index in [1.54, 1.807) is 30.3 Å². The number of hydrogen-bond donors (Lipinski definition) is 0. The van der Waals surface area contributed by atoms with Crippen molar-refractivity contribution in [1.82, 2.24) is 9.88 Å². The molecule has 1 fully saturated rings. The molecule has 3 aromatic rings. The number of nitrogens with zero attached hydrogens (tertiary/aromatic N) is 3. The third-order valence-corrected chi connectivity index (χ3v) is 9.31. The average Bonchev–Trinajstić information content (AvgIpc) is 3.21. The number of piperidine rings is 1. The van der Waals surface area contributed by atoms with Gasteiger partial charge in [-0.3, -0.25) is 4.79 Å². The minimum absolute atomic E-state index is 0. The van der Waals surface area contributed by atoms with Gasteiger partial charge in [0, 0.05) is 17.7 Å². The molecule has 1 atom stereocenters. The molecule has 0 N–H and O–H groups in total. The van der Waals surface area contributed by atoms with Gasteiger partial charge in [-0.05, 0) is 69.6 Å². The predicted molar refractivity (Wildman–Crippen MR) is 152 cm³/mol. The summed E-state index contributed by atoms with van der Waals surface area (Å²) >= 11 is 0. The molecule has 0 aliphatic carbocycles. The standard InChI is InChI=1S/C29H32FN3O5S.ClH/c1-37-21-10-8-11-22(20-21)39(35,36)33-25-14-15-26(38-2)31-27(25)29(28(33)34,23-12-4-5-13-24(23)30)16-9-19-32-17-6-3-7-18-32;/h4-5,8,10-15,20H,3,6-7,9,16-19H2,1-2H3;1H. The molecule has 5 rings (SSSR count). The Morgan fingerprint density at radius 1 is 0.975 bits per heavy atom. The van der Waals surface area contributed by atoms with E-state index in [1.807, 2.05) is 0 Å². The van der Waals surface area contributed by atoms with Crippen LogP contribution in [0.2, 0.25) is 0 Å². The third-order valence-electron chi connectivity index (χ3n) is 7.62. The topological polar surface area (TPSA) is 89.0 Å². The Kier molecular flexibility index (Phi) is 9.02. The van der Waals surface area contributed by atoms with Crippen LogP contribution in [0.15, 0.2) is 65.6 Å². The number of aromatic nitrogens is 1. The van der Waals surface area contributed by atoms with Crippen LogP contribution < -0.4 is 13.8 Å². The zero-order valence-electron chi connectivity index (χ0n) is 22.5. The van der Waals surface area contributed by atoms with Crippen LogP contribution in [0.1, 0.15) is 43.4 Å². The molecule has 214 valence electrons. The molecule has 2 aliphatic rings. The molecule has 0 bridgehead atoms. The molecule has 8 nitrogen and oxygen atoms in total. The van der Waals surface area contributed by atoms with Gasteiger partial charge >= 0.3 is 0 Å². The molecule has 1 saturated heterocycles. The predicted octanol–water partition coefficient (Wildman–Crippen LogP) is 4.95. The van der Waals surface area contributed by atoms with Crippen molar-refractivity contribution in [3.63, 3.8) is 0 Å². The van der Waals surface area contributed by atoms with Crippen molar-refractivity contribution in [2.75, 3.05) is 38.2 Å². The molecule has 2 aromatic carbocycles. The van der Waals surface area contributed by atoms with E-state index in [9.17, 15) is 13.2 Å². The summed E-state index contributed by atoms with van der Waals surface area (Å²) in [4.78, 5) is 21.4. The minimum atomic E-state index is -4.40. The molecule has 3 heterocycles. The summed E-state index contributed by atoms with van der Waals surface area (Å²) in [5.41, 5.74) is -1.30. The quantitative estimate of drug-likeness (QED) is 0.349. The zero-order valence-corrected chi connectivity index (χ0v) is 24.1. The van der Waals surface area contributed by atoms with Gasteiger partial charge < -0.3 is 14.4 Å². The molecule has 2 aliphatic heterocycles. The molecule has 1 aromatic heterocycles. The molecule has 0 spiro atoms. The number of amides is 1. The number of pyridine rings is 1. The maximum atomic E-state index is 15.6. The summed E-state index contributed by atoms with van der Waals surface area (Å²) in [6.45, 7) is 2.66. The van der Waals surface area contributed by atoms with E-state index < -0.39 is 27.2 Å². The fraction of sp³-hybridized carbons (Fsp3) is 0.379. The largest absolute Gasteiger partial charge is 0.497 e. The maximum absolute atomic E-state index is 15.6. The number of rotatable bonds is 9. The van der Waals surface area contributed by atoms with Gasteiger partial charge in [0.05, 0.1) is 30.5 Å². The van der Waals surface area contributed by atoms with E-state index in [0.717, 1.165) is 30.2 Å². The zero-order chi connectivity index (χ0) is 27.6. The van der Waals surface area contributed by atoms with Crippen molar-refractivity contribution in [2.24, 2.45) is 0 Å². The Bertz CT molecular complexity index is 1480. The first kappa shape index (κ1) is 29.8. The molecule has 1 unspecified atom stereocenters. The Labute approximate surface area is 240 Å². The fourth-order valence-electron chi connectivity index (χ4n) is 5.68. The molecular weight excluding hydrogens is 557 g/mol. The van der Waals surface area contributed by atoms with Gasteiger partial charge in [-0.25, -0.2) is 17.8 Å². The Hall–Kier alpha value is -3.21. The van der Waals surface area contributed by atoms with Crippen LogP contribution in [0.25, 0.3) is 0 Å². The Morgan fingerprint density at radius 2 is 1.73 bits per heavy atom. The van der Waals surface area contributed by atoms with Crippen LogP contribution in [0.4, 0.5) is 10.1 Å². The number of carbonyl (C=O) groups is 1. The van der Waals surface area contributed by atoms with Crippen LogP contribution in [0, 0.1) is 5.82 Å². The van der Waals surface area contributed by atoms with E-state index in [2.05, 4.69) is 9.88 Å². The Balaban J connectivity index is 0.00000370. The first-order valence-corrected chi connectivity index (χ1v) is 14.5. The first-order chi connectivity index (χ1) is 18.8.